The van der Waals surface area contributed by atoms with E-state index in [1.165, 1.54) is 0 Å². The summed E-state index contributed by atoms with van der Waals surface area (Å²) in [6, 6.07) is 3.45. The van der Waals surface area contributed by atoms with Crippen molar-refractivity contribution in [3.63, 3.8) is 0 Å². The molecule has 0 radical (unpaired) electrons. The molecule has 0 spiro atoms. The van der Waals surface area contributed by atoms with E-state index in [4.69, 9.17) is 11.6 Å². The van der Waals surface area contributed by atoms with Gasteiger partial charge >= 0.3 is 0 Å². The van der Waals surface area contributed by atoms with Crippen molar-refractivity contribution >= 4 is 66.0 Å². The van der Waals surface area contributed by atoms with Crippen molar-refractivity contribution in [1.82, 2.24) is 4.98 Å². The number of halogens is 3. The maximum atomic E-state index is 12.2. The summed E-state index contributed by atoms with van der Waals surface area (Å²) in [6.45, 7) is 3.64. The lowest BCUT2D eigenvalue weighted by molar-refractivity contribution is -0.122. The Morgan fingerprint density at radius 2 is 2.09 bits per heavy atom. The number of rotatable bonds is 2. The molecule has 3 rings (SSSR count). The molecular formula is C14H12Br2ClN3O2. The molecule has 2 aromatic rings. The van der Waals surface area contributed by atoms with Crippen LogP contribution in [0.15, 0.2) is 22.4 Å². The second-order valence-corrected chi connectivity index (χ2v) is 9.81. The topological polar surface area (TPSA) is 77.8 Å². The van der Waals surface area contributed by atoms with Gasteiger partial charge < -0.3 is 10.1 Å². The smallest absolute Gasteiger partial charge is 0.272 e. The predicted octanol–water partition coefficient (Wildman–Crippen LogP) is 5.34. The number of aromatic nitrogens is 1. The van der Waals surface area contributed by atoms with Crippen molar-refractivity contribution in [3.05, 3.63) is 22.7 Å². The zero-order valence-electron chi connectivity index (χ0n) is 11.7. The van der Waals surface area contributed by atoms with E-state index >= 15 is 0 Å². The summed E-state index contributed by atoms with van der Waals surface area (Å²) in [7, 11) is 0. The van der Waals surface area contributed by atoms with E-state index in [1.54, 1.807) is 19.1 Å². The molecule has 1 aromatic carbocycles. The van der Waals surface area contributed by atoms with Gasteiger partial charge in [0.05, 0.1) is 14.2 Å². The quantitative estimate of drug-likeness (QED) is 0.479. The summed E-state index contributed by atoms with van der Waals surface area (Å²) in [5.41, 5.74) is 1.09. The maximum Gasteiger partial charge on any atom is 0.272 e. The van der Waals surface area contributed by atoms with E-state index in [0.29, 0.717) is 22.3 Å². The number of nitrogens with one attached hydrogen (secondary N) is 1. The number of nitrogens with zero attached hydrogens (tertiary/aromatic N) is 2. The molecular weight excluding hydrogens is 437 g/mol. The van der Waals surface area contributed by atoms with Crippen LogP contribution < -0.4 is 0 Å². The lowest BCUT2D eigenvalue weighted by Gasteiger charge is -2.05. The van der Waals surface area contributed by atoms with E-state index in [0.717, 1.165) is 5.56 Å². The van der Waals surface area contributed by atoms with Gasteiger partial charge in [0.15, 0.2) is 5.69 Å². The van der Waals surface area contributed by atoms with Crippen LogP contribution in [0.5, 0.6) is 5.88 Å². The average molecular weight is 450 g/mol. The van der Waals surface area contributed by atoms with Gasteiger partial charge in [-0.25, -0.2) is 0 Å². The van der Waals surface area contributed by atoms with Crippen LogP contribution in [0.3, 0.4) is 0 Å². The summed E-state index contributed by atoms with van der Waals surface area (Å²) in [5, 5.41) is 19.0. The van der Waals surface area contributed by atoms with E-state index in [9.17, 15) is 9.90 Å². The molecule has 1 aromatic heterocycles. The summed E-state index contributed by atoms with van der Waals surface area (Å²) in [5.74, 6) is -0.484. The number of aryl methyl sites for hydroxylation is 1. The van der Waals surface area contributed by atoms with Crippen LogP contribution >= 0.6 is 43.5 Å². The summed E-state index contributed by atoms with van der Waals surface area (Å²) >= 11 is 12.9. The average Bonchev–Trinajstić information content (AvgIpc) is 2.81. The molecule has 0 unspecified atom stereocenters. The zero-order valence-corrected chi connectivity index (χ0v) is 15.7. The number of hydrogen-bond acceptors (Lipinski definition) is 3. The van der Waals surface area contributed by atoms with Crippen LogP contribution in [0.25, 0.3) is 10.9 Å². The van der Waals surface area contributed by atoms with Crippen LogP contribution in [0.1, 0.15) is 18.9 Å². The van der Waals surface area contributed by atoms with Gasteiger partial charge in [-0.1, -0.05) is 43.5 Å². The third-order valence-electron chi connectivity index (χ3n) is 4.09. The minimum absolute atomic E-state index is 0.137. The van der Waals surface area contributed by atoms with Crippen LogP contribution in [0, 0.1) is 12.3 Å². The molecule has 1 atom stereocenters. The number of alkyl halides is 2. The van der Waals surface area contributed by atoms with Crippen LogP contribution in [-0.2, 0) is 4.79 Å². The second-order valence-electron chi connectivity index (χ2n) is 5.64. The number of aromatic amines is 1. The Morgan fingerprint density at radius 3 is 2.68 bits per heavy atom. The standard InChI is InChI=1S/C14H12Br2ClN3O2/c1-6-8(17)4-3-7-9(6)18-11(21)10(7)19-20-12(22)13(2)5-14(13,15)16/h3-4,18,21H,5H2,1-2H3/t13-/m0/s1. The van der Waals surface area contributed by atoms with Gasteiger partial charge in [-0.2, -0.15) is 0 Å². The number of carbonyl (C=O) groups is 1. The normalized spacial score (nSPS) is 23.3. The van der Waals surface area contributed by atoms with E-state index in [1.807, 2.05) is 6.92 Å². The molecule has 0 bridgehead atoms. The zero-order chi connectivity index (χ0) is 16.3. The van der Waals surface area contributed by atoms with Gasteiger partial charge in [0.2, 0.25) is 5.88 Å². The summed E-state index contributed by atoms with van der Waals surface area (Å²) in [4.78, 5) is 15.0. The van der Waals surface area contributed by atoms with Gasteiger partial charge in [-0.3, -0.25) is 4.79 Å². The summed E-state index contributed by atoms with van der Waals surface area (Å²) < 4.78 is -0.421. The first-order valence-electron chi connectivity index (χ1n) is 6.51. The van der Waals surface area contributed by atoms with Crippen molar-refractivity contribution in [1.29, 1.82) is 0 Å². The molecule has 8 heteroatoms. The Labute approximate surface area is 148 Å². The van der Waals surface area contributed by atoms with Crippen molar-refractivity contribution < 1.29 is 9.90 Å². The Kier molecular flexibility index (Phi) is 3.66. The lowest BCUT2D eigenvalue weighted by Crippen LogP contribution is -2.14. The number of benzene rings is 1. The Hall–Kier alpha value is -0.920. The first-order valence-corrected chi connectivity index (χ1v) is 8.47. The predicted molar refractivity (Wildman–Crippen MR) is 92.5 cm³/mol. The van der Waals surface area contributed by atoms with Crippen LogP contribution in [0.4, 0.5) is 5.69 Å². The maximum absolute atomic E-state index is 12.2. The Bertz CT molecular complexity index is 831. The van der Waals surface area contributed by atoms with Crippen LogP contribution in [-0.4, -0.2) is 19.2 Å². The third kappa shape index (κ3) is 2.30. The number of amides is 1. The van der Waals surface area contributed by atoms with Gasteiger partial charge in [0.25, 0.3) is 5.91 Å². The highest BCUT2D eigenvalue weighted by Crippen LogP contribution is 2.66. The minimum atomic E-state index is -0.628. The van der Waals surface area contributed by atoms with E-state index in [2.05, 4.69) is 47.1 Å². The second kappa shape index (κ2) is 5.04. The van der Waals surface area contributed by atoms with Gasteiger partial charge in [0.1, 0.15) is 0 Å². The van der Waals surface area contributed by atoms with Crippen molar-refractivity contribution in [2.24, 2.45) is 15.6 Å². The number of H-pyrrole nitrogens is 1. The largest absolute Gasteiger partial charge is 0.493 e. The molecule has 1 saturated carbocycles. The molecule has 2 N–H and O–H groups in total. The molecule has 1 aliphatic rings. The van der Waals surface area contributed by atoms with Gasteiger partial charge in [-0.15, -0.1) is 10.2 Å². The summed E-state index contributed by atoms with van der Waals surface area (Å²) in [6.07, 6.45) is 0.631. The fourth-order valence-electron chi connectivity index (χ4n) is 2.29. The highest BCUT2D eigenvalue weighted by molar-refractivity contribution is 9.25. The molecule has 1 heterocycles. The van der Waals surface area contributed by atoms with Crippen molar-refractivity contribution in [2.45, 2.75) is 23.5 Å². The molecule has 1 amide bonds. The van der Waals surface area contributed by atoms with E-state index < -0.39 is 8.65 Å². The molecule has 1 fully saturated rings. The number of aromatic hydroxyl groups is 1. The fourth-order valence-corrected chi connectivity index (χ4v) is 3.91. The lowest BCUT2D eigenvalue weighted by atomic mass is 10.1. The van der Waals surface area contributed by atoms with E-state index in [-0.39, 0.29) is 17.5 Å². The molecule has 0 saturated heterocycles. The molecule has 116 valence electrons. The van der Waals surface area contributed by atoms with Gasteiger partial charge in [0, 0.05) is 10.4 Å². The molecule has 5 nitrogen and oxygen atoms in total. The SMILES string of the molecule is Cc1c(Cl)ccc2c(N=NC(=O)[C@]3(C)CC3(Br)Br)c(O)[nH]c12. The Morgan fingerprint density at radius 1 is 1.45 bits per heavy atom. The highest BCUT2D eigenvalue weighted by atomic mass is 79.9. The van der Waals surface area contributed by atoms with Gasteiger partial charge in [-0.05, 0) is 38.0 Å². The third-order valence-corrected chi connectivity index (χ3v) is 6.81. The molecule has 22 heavy (non-hydrogen) atoms. The minimum Gasteiger partial charge on any atom is -0.493 e. The molecule has 0 aliphatic heterocycles. The first-order chi connectivity index (χ1) is 10.2. The number of carbonyl (C=O) groups excluding carboxylic acids is 1. The fraction of sp³-hybridized carbons (Fsp3) is 0.357. The monoisotopic (exact) mass is 447 g/mol. The van der Waals surface area contributed by atoms with Crippen LogP contribution in [0.2, 0.25) is 5.02 Å². The molecule has 1 aliphatic carbocycles. The number of fused-ring (bicyclic) bond motifs is 1. The first kappa shape index (κ1) is 16.0. The van der Waals surface area contributed by atoms with Crippen molar-refractivity contribution in [3.8, 4) is 5.88 Å². The number of azo groups is 1. The highest BCUT2D eigenvalue weighted by Gasteiger charge is 2.67. The number of hydrogen-bond donors (Lipinski definition) is 2. The van der Waals surface area contributed by atoms with Crippen molar-refractivity contribution in [2.75, 3.05) is 0 Å². The Balaban J connectivity index is 1.98.